The summed E-state index contributed by atoms with van der Waals surface area (Å²) in [6, 6.07) is 21.1. The Labute approximate surface area is 196 Å². The van der Waals surface area contributed by atoms with E-state index in [-0.39, 0.29) is 16.8 Å². The number of carbonyl (C=O) groups excluding carboxylic acids is 2. The number of hydrogen-bond acceptors (Lipinski definition) is 3. The van der Waals surface area contributed by atoms with Crippen molar-refractivity contribution in [2.75, 3.05) is 30.7 Å². The number of nitrogens with one attached hydrogen (secondary N) is 1. The number of benzene rings is 3. The SMILES string of the molecule is O=C(Nc1cccc2ccccc12)N1CCC2(CC1)SCCN2C(=O)c1ccccc1Cl. The van der Waals surface area contributed by atoms with Gasteiger partial charge in [-0.3, -0.25) is 4.79 Å². The van der Waals surface area contributed by atoms with E-state index in [9.17, 15) is 9.59 Å². The van der Waals surface area contributed by atoms with Crippen molar-refractivity contribution in [2.24, 2.45) is 0 Å². The van der Waals surface area contributed by atoms with Crippen LogP contribution in [-0.4, -0.2) is 52.0 Å². The van der Waals surface area contributed by atoms with Gasteiger partial charge in [-0.1, -0.05) is 60.1 Å². The van der Waals surface area contributed by atoms with Crippen LogP contribution >= 0.6 is 23.4 Å². The molecule has 2 saturated heterocycles. The monoisotopic (exact) mass is 465 g/mol. The fourth-order valence-corrected chi connectivity index (χ4v) is 6.35. The molecule has 0 atom stereocenters. The van der Waals surface area contributed by atoms with Crippen LogP contribution in [0.5, 0.6) is 0 Å². The number of rotatable bonds is 2. The standard InChI is InChI=1S/C25H24ClN3O2S/c26-21-10-4-3-9-20(21)23(30)29-16-17-32-25(29)12-14-28(15-13-25)24(31)27-22-11-5-7-18-6-1-2-8-19(18)22/h1-11H,12-17H2,(H,27,31). The molecule has 2 aliphatic heterocycles. The Bertz CT molecular complexity index is 1170. The topological polar surface area (TPSA) is 52.7 Å². The molecule has 2 heterocycles. The highest BCUT2D eigenvalue weighted by atomic mass is 35.5. The van der Waals surface area contributed by atoms with Gasteiger partial charge in [0, 0.05) is 30.8 Å². The third kappa shape index (κ3) is 3.82. The van der Waals surface area contributed by atoms with Crippen molar-refractivity contribution in [3.63, 3.8) is 0 Å². The van der Waals surface area contributed by atoms with Crippen LogP contribution in [0.2, 0.25) is 5.02 Å². The molecule has 2 fully saturated rings. The number of amides is 3. The van der Waals surface area contributed by atoms with Crippen molar-refractivity contribution >= 4 is 51.8 Å². The number of halogens is 1. The first-order valence-electron chi connectivity index (χ1n) is 10.8. The Morgan fingerprint density at radius 3 is 2.44 bits per heavy atom. The molecule has 32 heavy (non-hydrogen) atoms. The third-order valence-electron chi connectivity index (χ3n) is 6.39. The molecule has 1 N–H and O–H groups in total. The summed E-state index contributed by atoms with van der Waals surface area (Å²) in [4.78, 5) is 29.8. The van der Waals surface area contributed by atoms with E-state index in [1.165, 1.54) is 0 Å². The van der Waals surface area contributed by atoms with Gasteiger partial charge < -0.3 is 15.1 Å². The Hall–Kier alpha value is -2.70. The van der Waals surface area contributed by atoms with E-state index < -0.39 is 0 Å². The van der Waals surface area contributed by atoms with E-state index in [0.717, 1.165) is 35.1 Å². The molecule has 3 amide bonds. The second kappa shape index (κ2) is 8.68. The molecule has 0 aromatic heterocycles. The van der Waals surface area contributed by atoms with E-state index in [1.807, 2.05) is 76.2 Å². The van der Waals surface area contributed by atoms with Gasteiger partial charge in [0.1, 0.15) is 0 Å². The number of fused-ring (bicyclic) bond motifs is 1. The van der Waals surface area contributed by atoms with Crippen molar-refractivity contribution < 1.29 is 9.59 Å². The van der Waals surface area contributed by atoms with Crippen LogP contribution in [0.15, 0.2) is 66.7 Å². The summed E-state index contributed by atoms with van der Waals surface area (Å²) in [6.07, 6.45) is 1.49. The summed E-state index contributed by atoms with van der Waals surface area (Å²) < 4.78 is 0. The molecule has 3 aromatic rings. The van der Waals surface area contributed by atoms with Crippen molar-refractivity contribution in [2.45, 2.75) is 17.7 Å². The first-order valence-corrected chi connectivity index (χ1v) is 12.2. The Morgan fingerprint density at radius 1 is 0.906 bits per heavy atom. The molecule has 0 radical (unpaired) electrons. The minimum absolute atomic E-state index is 0.0192. The van der Waals surface area contributed by atoms with Gasteiger partial charge in [0.15, 0.2) is 0 Å². The number of carbonyl (C=O) groups is 2. The Morgan fingerprint density at radius 2 is 1.62 bits per heavy atom. The first-order chi connectivity index (χ1) is 15.6. The van der Waals surface area contributed by atoms with Crippen LogP contribution in [0, 0.1) is 0 Å². The molecule has 5 nitrogen and oxygen atoms in total. The van der Waals surface area contributed by atoms with Crippen LogP contribution in [-0.2, 0) is 0 Å². The van der Waals surface area contributed by atoms with Gasteiger partial charge in [-0.15, -0.1) is 11.8 Å². The average Bonchev–Trinajstić information content (AvgIpc) is 3.22. The fourth-order valence-electron chi connectivity index (χ4n) is 4.68. The maximum Gasteiger partial charge on any atom is 0.321 e. The summed E-state index contributed by atoms with van der Waals surface area (Å²) in [5, 5.41) is 5.69. The molecule has 1 spiro atoms. The second-order valence-electron chi connectivity index (χ2n) is 8.18. The van der Waals surface area contributed by atoms with Crippen LogP contribution in [0.4, 0.5) is 10.5 Å². The second-order valence-corrected chi connectivity index (χ2v) is 10.0. The lowest BCUT2D eigenvalue weighted by Crippen LogP contribution is -2.54. The van der Waals surface area contributed by atoms with Gasteiger partial charge in [-0.25, -0.2) is 4.79 Å². The highest BCUT2D eigenvalue weighted by Gasteiger charge is 2.47. The zero-order valence-corrected chi connectivity index (χ0v) is 19.2. The molecule has 7 heteroatoms. The number of nitrogens with zero attached hydrogens (tertiary/aromatic N) is 2. The highest BCUT2D eigenvalue weighted by Crippen LogP contribution is 2.45. The zero-order chi connectivity index (χ0) is 22.1. The van der Waals surface area contributed by atoms with E-state index in [2.05, 4.69) is 5.32 Å². The van der Waals surface area contributed by atoms with E-state index in [4.69, 9.17) is 11.6 Å². The maximum absolute atomic E-state index is 13.3. The van der Waals surface area contributed by atoms with Crippen LogP contribution in [0.3, 0.4) is 0 Å². The first kappa shape index (κ1) is 21.2. The molecule has 3 aromatic carbocycles. The third-order valence-corrected chi connectivity index (χ3v) is 8.27. The lowest BCUT2D eigenvalue weighted by Gasteiger charge is -2.44. The molecular weight excluding hydrogens is 442 g/mol. The largest absolute Gasteiger partial charge is 0.324 e. The predicted molar refractivity (Wildman–Crippen MR) is 131 cm³/mol. The van der Waals surface area contributed by atoms with Crippen molar-refractivity contribution in [3.05, 3.63) is 77.3 Å². The van der Waals surface area contributed by atoms with Crippen LogP contribution in [0.25, 0.3) is 10.8 Å². The molecular formula is C25H24ClN3O2S. The number of likely N-dealkylation sites (tertiary alicyclic amines) is 1. The van der Waals surface area contributed by atoms with E-state index >= 15 is 0 Å². The quantitative estimate of drug-likeness (QED) is 0.527. The van der Waals surface area contributed by atoms with Gasteiger partial charge >= 0.3 is 6.03 Å². The minimum Gasteiger partial charge on any atom is -0.324 e. The highest BCUT2D eigenvalue weighted by molar-refractivity contribution is 8.00. The number of anilines is 1. The normalized spacial score (nSPS) is 17.7. The number of urea groups is 1. The summed E-state index contributed by atoms with van der Waals surface area (Å²) in [7, 11) is 0. The Kier molecular flexibility index (Phi) is 5.74. The molecule has 5 rings (SSSR count). The molecule has 0 unspecified atom stereocenters. The lowest BCUT2D eigenvalue weighted by atomic mass is 10.0. The summed E-state index contributed by atoms with van der Waals surface area (Å²) >= 11 is 8.12. The maximum atomic E-state index is 13.3. The smallest absolute Gasteiger partial charge is 0.321 e. The number of piperidine rings is 1. The van der Waals surface area contributed by atoms with Crippen molar-refractivity contribution in [1.82, 2.24) is 9.80 Å². The Balaban J connectivity index is 1.28. The summed E-state index contributed by atoms with van der Waals surface area (Å²) in [5.41, 5.74) is 1.37. The fraction of sp³-hybridized carbons (Fsp3) is 0.280. The minimum atomic E-state index is -0.271. The van der Waals surface area contributed by atoms with Crippen molar-refractivity contribution in [1.29, 1.82) is 0 Å². The van der Waals surface area contributed by atoms with Crippen LogP contribution in [0.1, 0.15) is 23.2 Å². The average molecular weight is 466 g/mol. The van der Waals surface area contributed by atoms with E-state index in [1.54, 1.807) is 12.1 Å². The number of thioether (sulfide) groups is 1. The van der Waals surface area contributed by atoms with Crippen molar-refractivity contribution in [3.8, 4) is 0 Å². The molecule has 0 aliphatic carbocycles. The van der Waals surface area contributed by atoms with Gasteiger partial charge in [0.25, 0.3) is 5.91 Å². The van der Waals surface area contributed by atoms with Crippen LogP contribution < -0.4 is 5.32 Å². The molecule has 164 valence electrons. The van der Waals surface area contributed by atoms with Gasteiger partial charge in [0.05, 0.1) is 21.1 Å². The van der Waals surface area contributed by atoms with Gasteiger partial charge in [0.2, 0.25) is 0 Å². The molecule has 0 bridgehead atoms. The van der Waals surface area contributed by atoms with Gasteiger partial charge in [-0.2, -0.15) is 0 Å². The summed E-state index contributed by atoms with van der Waals surface area (Å²) in [6.45, 7) is 1.92. The zero-order valence-electron chi connectivity index (χ0n) is 17.6. The molecule has 0 saturated carbocycles. The van der Waals surface area contributed by atoms with E-state index in [0.29, 0.717) is 30.2 Å². The number of hydrogen-bond donors (Lipinski definition) is 1. The predicted octanol–water partition coefficient (Wildman–Crippen LogP) is 5.71. The molecule has 2 aliphatic rings. The van der Waals surface area contributed by atoms with Gasteiger partial charge in [-0.05, 0) is 36.4 Å². The summed E-state index contributed by atoms with van der Waals surface area (Å²) in [5.74, 6) is 0.882. The lowest BCUT2D eigenvalue weighted by molar-refractivity contribution is 0.0586.